The molecule has 8 heteroatoms. The van der Waals surface area contributed by atoms with E-state index in [4.69, 9.17) is 4.74 Å². The fourth-order valence-corrected chi connectivity index (χ4v) is 3.03. The number of ether oxygens (including phenoxy) is 1. The van der Waals surface area contributed by atoms with E-state index < -0.39 is 10.0 Å². The van der Waals surface area contributed by atoms with E-state index >= 15 is 0 Å². The number of halogens is 1. The van der Waals surface area contributed by atoms with Crippen LogP contribution in [0.15, 0.2) is 40.2 Å². The van der Waals surface area contributed by atoms with Crippen molar-refractivity contribution in [2.45, 2.75) is 4.90 Å². The minimum Gasteiger partial charge on any atom is -0.495 e. The quantitative estimate of drug-likeness (QED) is 0.852. The summed E-state index contributed by atoms with van der Waals surface area (Å²) in [6.45, 7) is 0. The van der Waals surface area contributed by atoms with E-state index in [1.54, 1.807) is 12.1 Å². The molecule has 0 atom stereocenters. The molecule has 6 nitrogen and oxygen atoms in total. The van der Waals surface area contributed by atoms with Gasteiger partial charge < -0.3 is 4.74 Å². The van der Waals surface area contributed by atoms with Crippen molar-refractivity contribution in [3.63, 3.8) is 0 Å². The third-order valence-electron chi connectivity index (χ3n) is 2.08. The smallest absolute Gasteiger partial charge is 0.274 e. The second-order valence-corrected chi connectivity index (χ2v) is 5.82. The summed E-state index contributed by atoms with van der Waals surface area (Å²) in [5.74, 6) is 0.266. The Kier molecular flexibility index (Phi) is 3.16. The Labute approximate surface area is 106 Å². The van der Waals surface area contributed by atoms with Gasteiger partial charge in [-0.2, -0.15) is 0 Å². The van der Waals surface area contributed by atoms with Crippen molar-refractivity contribution in [3.8, 4) is 5.75 Å². The predicted octanol–water partition coefficient (Wildman–Crippen LogP) is 1.29. The van der Waals surface area contributed by atoms with Crippen molar-refractivity contribution >= 4 is 26.0 Å². The Balaban J connectivity index is 2.65. The standard InChI is InChI=1S/C9H8BrN3O3S/c1-16-8-3-2-7(10)4-9(8)17(14,15)13-5-11-12-6-13/h2-6H,1H3. The van der Waals surface area contributed by atoms with Crippen molar-refractivity contribution in [1.29, 1.82) is 0 Å². The van der Waals surface area contributed by atoms with E-state index in [0.717, 1.165) is 16.6 Å². The van der Waals surface area contributed by atoms with Crippen LogP contribution in [0.1, 0.15) is 0 Å². The van der Waals surface area contributed by atoms with Gasteiger partial charge in [0.05, 0.1) is 7.11 Å². The van der Waals surface area contributed by atoms with Crippen molar-refractivity contribution < 1.29 is 13.2 Å². The summed E-state index contributed by atoms with van der Waals surface area (Å²) in [7, 11) is -2.31. The Bertz CT molecular complexity index is 625. The van der Waals surface area contributed by atoms with E-state index in [2.05, 4.69) is 26.1 Å². The van der Waals surface area contributed by atoms with Crippen LogP contribution in [0.3, 0.4) is 0 Å². The first-order valence-electron chi connectivity index (χ1n) is 4.49. The highest BCUT2D eigenvalue weighted by molar-refractivity contribution is 9.10. The average molecular weight is 318 g/mol. The maximum atomic E-state index is 12.2. The lowest BCUT2D eigenvalue weighted by Crippen LogP contribution is -2.12. The van der Waals surface area contributed by atoms with Gasteiger partial charge in [0.1, 0.15) is 23.3 Å². The fraction of sp³-hybridized carbons (Fsp3) is 0.111. The van der Waals surface area contributed by atoms with E-state index in [-0.39, 0.29) is 10.6 Å². The topological polar surface area (TPSA) is 74.1 Å². The third kappa shape index (κ3) is 2.18. The molecule has 1 heterocycles. The van der Waals surface area contributed by atoms with Crippen LogP contribution in [0, 0.1) is 0 Å². The molecule has 0 amide bonds. The molecule has 17 heavy (non-hydrogen) atoms. The van der Waals surface area contributed by atoms with Gasteiger partial charge in [-0.3, -0.25) is 0 Å². The van der Waals surface area contributed by atoms with Crippen LogP contribution in [0.2, 0.25) is 0 Å². The number of hydrogen-bond donors (Lipinski definition) is 0. The Hall–Kier alpha value is -1.41. The lowest BCUT2D eigenvalue weighted by Gasteiger charge is -2.09. The molecule has 0 unspecified atom stereocenters. The molecule has 0 aliphatic carbocycles. The predicted molar refractivity (Wildman–Crippen MR) is 63.3 cm³/mol. The first kappa shape index (κ1) is 12.1. The van der Waals surface area contributed by atoms with Gasteiger partial charge >= 0.3 is 0 Å². The normalized spacial score (nSPS) is 11.4. The summed E-state index contributed by atoms with van der Waals surface area (Å²) in [6.07, 6.45) is 2.24. The highest BCUT2D eigenvalue weighted by Crippen LogP contribution is 2.28. The van der Waals surface area contributed by atoms with Gasteiger partial charge in [-0.15, -0.1) is 10.2 Å². The Morgan fingerprint density at radius 3 is 2.53 bits per heavy atom. The van der Waals surface area contributed by atoms with Gasteiger partial charge in [0.25, 0.3) is 10.0 Å². The van der Waals surface area contributed by atoms with Crippen molar-refractivity contribution in [2.24, 2.45) is 0 Å². The monoisotopic (exact) mass is 317 g/mol. The Morgan fingerprint density at radius 2 is 1.94 bits per heavy atom. The van der Waals surface area contributed by atoms with Gasteiger partial charge in [-0.25, -0.2) is 12.4 Å². The third-order valence-corrected chi connectivity index (χ3v) is 4.19. The average Bonchev–Trinajstić information content (AvgIpc) is 2.83. The van der Waals surface area contributed by atoms with Crippen LogP contribution in [0.4, 0.5) is 0 Å². The van der Waals surface area contributed by atoms with Crippen molar-refractivity contribution in [3.05, 3.63) is 35.3 Å². The largest absolute Gasteiger partial charge is 0.495 e. The molecule has 0 spiro atoms. The van der Waals surface area contributed by atoms with Gasteiger partial charge in [0.15, 0.2) is 0 Å². The van der Waals surface area contributed by atoms with E-state index in [1.807, 2.05) is 0 Å². The molecule has 90 valence electrons. The SMILES string of the molecule is COc1ccc(Br)cc1S(=O)(=O)n1cnnc1. The summed E-state index contributed by atoms with van der Waals surface area (Å²) in [5.41, 5.74) is 0. The van der Waals surface area contributed by atoms with E-state index in [1.165, 1.54) is 13.2 Å². The van der Waals surface area contributed by atoms with Gasteiger partial charge in [0, 0.05) is 4.47 Å². The molecule has 0 radical (unpaired) electrons. The second kappa shape index (κ2) is 4.46. The zero-order valence-corrected chi connectivity index (χ0v) is 11.1. The number of rotatable bonds is 3. The fourth-order valence-electron chi connectivity index (χ4n) is 1.28. The van der Waals surface area contributed by atoms with Crippen molar-refractivity contribution in [2.75, 3.05) is 7.11 Å². The minimum absolute atomic E-state index is 0.0502. The Morgan fingerprint density at radius 1 is 1.29 bits per heavy atom. The molecular formula is C9H8BrN3O3S. The van der Waals surface area contributed by atoms with Crippen LogP contribution in [-0.4, -0.2) is 29.7 Å². The molecule has 0 N–H and O–H groups in total. The van der Waals surface area contributed by atoms with Crippen LogP contribution in [0.25, 0.3) is 0 Å². The summed E-state index contributed by atoms with van der Waals surface area (Å²) < 4.78 is 31.0. The molecular weight excluding hydrogens is 310 g/mol. The number of benzene rings is 1. The number of methoxy groups -OCH3 is 1. The van der Waals surface area contributed by atoms with Crippen LogP contribution < -0.4 is 4.74 Å². The molecule has 2 aromatic rings. The first-order valence-corrected chi connectivity index (χ1v) is 6.73. The van der Waals surface area contributed by atoms with Crippen molar-refractivity contribution in [1.82, 2.24) is 14.2 Å². The maximum Gasteiger partial charge on any atom is 0.274 e. The highest BCUT2D eigenvalue weighted by Gasteiger charge is 2.21. The number of aromatic nitrogens is 3. The molecule has 0 aliphatic heterocycles. The lowest BCUT2D eigenvalue weighted by molar-refractivity contribution is 0.402. The molecule has 2 rings (SSSR count). The second-order valence-electron chi connectivity index (χ2n) is 3.09. The molecule has 0 aliphatic rings. The molecule has 0 bridgehead atoms. The summed E-state index contributed by atoms with van der Waals surface area (Å²) in [5, 5.41) is 6.95. The first-order chi connectivity index (χ1) is 8.05. The van der Waals surface area contributed by atoms with Crippen LogP contribution in [0.5, 0.6) is 5.75 Å². The summed E-state index contributed by atoms with van der Waals surface area (Å²) in [4.78, 5) is 0.0502. The summed E-state index contributed by atoms with van der Waals surface area (Å²) >= 11 is 3.22. The number of hydrogen-bond acceptors (Lipinski definition) is 5. The molecule has 1 aromatic carbocycles. The molecule has 1 aromatic heterocycles. The minimum atomic E-state index is -3.72. The lowest BCUT2D eigenvalue weighted by atomic mass is 10.3. The molecule has 0 saturated heterocycles. The maximum absolute atomic E-state index is 12.2. The van der Waals surface area contributed by atoms with E-state index in [9.17, 15) is 8.42 Å². The van der Waals surface area contributed by atoms with Gasteiger partial charge in [-0.1, -0.05) is 15.9 Å². The van der Waals surface area contributed by atoms with Crippen LogP contribution in [-0.2, 0) is 10.0 Å². The highest BCUT2D eigenvalue weighted by atomic mass is 79.9. The zero-order chi connectivity index (χ0) is 12.5. The van der Waals surface area contributed by atoms with Crippen LogP contribution >= 0.6 is 15.9 Å². The number of nitrogens with zero attached hydrogens (tertiary/aromatic N) is 3. The van der Waals surface area contributed by atoms with Gasteiger partial charge in [0.2, 0.25) is 0 Å². The van der Waals surface area contributed by atoms with Gasteiger partial charge in [-0.05, 0) is 18.2 Å². The zero-order valence-electron chi connectivity index (χ0n) is 8.74. The molecule has 0 fully saturated rings. The summed E-state index contributed by atoms with van der Waals surface area (Å²) in [6, 6.07) is 4.74. The van der Waals surface area contributed by atoms with E-state index in [0.29, 0.717) is 4.47 Å². The molecule has 0 saturated carbocycles.